The molecular formula is C81H129N11O15. The highest BCUT2D eigenvalue weighted by Gasteiger charge is 2.46. The van der Waals surface area contributed by atoms with Crippen LogP contribution in [-0.4, -0.2) is 262 Å². The largest absolute Gasteiger partial charge is 0.391 e. The number of rotatable bonds is 16. The van der Waals surface area contributed by atoms with Crippen molar-refractivity contribution in [3.8, 4) is 0 Å². The maximum Gasteiger partial charge on any atom is 0.248 e. The third-order valence-electron chi connectivity index (χ3n) is 21.2. The van der Waals surface area contributed by atoms with Crippen molar-refractivity contribution in [2.24, 2.45) is 35.5 Å². The fraction of sp³-hybridized carbons (Fsp3) is 0.691. The molecule has 2 aromatic rings. The lowest BCUT2D eigenvalue weighted by atomic mass is 9.88. The molecule has 0 bridgehead atoms. The van der Waals surface area contributed by atoms with Gasteiger partial charge in [0.2, 0.25) is 65.0 Å². The molecule has 0 aliphatic carbocycles. The Morgan fingerprint density at radius 2 is 0.963 bits per heavy atom. The van der Waals surface area contributed by atoms with E-state index in [0.29, 0.717) is 43.5 Å². The van der Waals surface area contributed by atoms with Crippen molar-refractivity contribution in [2.45, 2.75) is 266 Å². The van der Waals surface area contributed by atoms with Crippen LogP contribution in [0.4, 0.5) is 0 Å². The zero-order chi connectivity index (χ0) is 81.0. The molecule has 2 aliphatic rings. The second-order valence-corrected chi connectivity index (χ2v) is 32.4. The van der Waals surface area contributed by atoms with Crippen LogP contribution in [0.25, 0.3) is 0 Å². The predicted octanol–water partition coefficient (Wildman–Crippen LogP) is 6.11. The molecule has 2 unspecified atom stereocenters. The number of aliphatic hydroxyl groups is 1. The Morgan fingerprint density at radius 3 is 1.48 bits per heavy atom. The maximum atomic E-state index is 15.5. The molecule has 2 saturated heterocycles. The van der Waals surface area contributed by atoms with Crippen molar-refractivity contribution in [3.05, 3.63) is 71.8 Å². The molecule has 0 aromatic heterocycles. The molecule has 0 spiro atoms. The van der Waals surface area contributed by atoms with Crippen LogP contribution >= 0.6 is 0 Å². The zero-order valence-corrected chi connectivity index (χ0v) is 68.3. The van der Waals surface area contributed by atoms with Gasteiger partial charge < -0.3 is 65.0 Å². The first-order chi connectivity index (χ1) is 49.9. The van der Waals surface area contributed by atoms with Gasteiger partial charge in [-0.25, -0.2) is 0 Å². The van der Waals surface area contributed by atoms with Crippen molar-refractivity contribution in [2.75, 3.05) is 62.4 Å². The van der Waals surface area contributed by atoms with E-state index in [1.807, 2.05) is 48.5 Å². The van der Waals surface area contributed by atoms with E-state index < -0.39 is 192 Å². The lowest BCUT2D eigenvalue weighted by Gasteiger charge is -2.40. The first-order valence-electron chi connectivity index (χ1n) is 38.4. The second kappa shape index (κ2) is 41.4. The molecule has 26 heteroatoms. The Labute approximate surface area is 636 Å². The number of carbonyl (C=O) groups excluding carboxylic acids is 13. The molecule has 2 aliphatic heterocycles. The Bertz CT molecular complexity index is 3360. The molecule has 598 valence electrons. The van der Waals surface area contributed by atoms with Gasteiger partial charge in [0.15, 0.2) is 11.6 Å². The lowest BCUT2D eigenvalue weighted by Crippen LogP contribution is -2.62. The average Bonchev–Trinajstić information content (AvgIpc) is 0.782. The highest BCUT2D eigenvalue weighted by atomic mass is 16.5. The molecule has 2 aromatic carbocycles. The Hall–Kier alpha value is -8.13. The minimum absolute atomic E-state index is 0.0220. The molecule has 26 nitrogen and oxygen atoms in total. The van der Waals surface area contributed by atoms with Crippen LogP contribution in [0.1, 0.15) is 186 Å². The summed E-state index contributed by atoms with van der Waals surface area (Å²) in [6, 6.07) is 4.42. The van der Waals surface area contributed by atoms with Crippen LogP contribution in [0, 0.1) is 35.5 Å². The molecule has 4 N–H and O–H groups in total. The van der Waals surface area contributed by atoms with Gasteiger partial charge in [0, 0.05) is 94.0 Å². The van der Waals surface area contributed by atoms with Crippen LogP contribution in [0.3, 0.4) is 0 Å². The number of benzene rings is 2. The zero-order valence-electron chi connectivity index (χ0n) is 68.3. The number of amides is 11. The standard InChI is InChI=1S/C81H129N11O15/c1-24-51(8)70-80(106)86(18)53(10)71(97)84-69(56(13)107-81(14,15)16)79(105)90(22)64(42-50(6)7)78(104)87(19)61(40-48(2)3)65(94)45-60(77(103)92-38-32-27-33-39-92)47-67(96)85(17)54(11)75(101)89(21)63(44-58-36-30-26-31-37-58)72(98)82-52(9)74(100)88(20)62(41-49(4)5)73(99)83-68(55(12)93)66(95)46-59(76(102)91(70)23)43-57-34-28-25-29-35-57/h25-26,28-31,34-37,48-56,59-64,68-70,93H,24,27,32-33,38-47H2,1-23H3,(H,82,98)(H,83,99)(H,84,97)/t51-,52-,53-,54+,55+,56?,59+,60-,61-,62-,63?,64-,68-,69-,70-/m0/s1. The smallest absolute Gasteiger partial charge is 0.248 e. The number of hydrogen-bond acceptors (Lipinski definition) is 15. The van der Waals surface area contributed by atoms with Crippen LogP contribution in [0.2, 0.25) is 0 Å². The molecular weight excluding hydrogens is 1370 g/mol. The highest BCUT2D eigenvalue weighted by molar-refractivity contribution is 6.00. The minimum Gasteiger partial charge on any atom is -0.391 e. The van der Waals surface area contributed by atoms with Crippen molar-refractivity contribution < 1.29 is 72.2 Å². The Kier molecular flexibility index (Phi) is 35.3. The summed E-state index contributed by atoms with van der Waals surface area (Å²) >= 11 is 0. The molecule has 11 amide bonds. The molecule has 0 radical (unpaired) electrons. The van der Waals surface area contributed by atoms with Gasteiger partial charge in [-0.3, -0.25) is 62.3 Å². The number of carbonyl (C=O) groups is 13. The fourth-order valence-corrected chi connectivity index (χ4v) is 14.3. The number of ketones is 2. The summed E-state index contributed by atoms with van der Waals surface area (Å²) in [5.74, 6) is -12.4. The summed E-state index contributed by atoms with van der Waals surface area (Å²) in [4.78, 5) is 206. The summed E-state index contributed by atoms with van der Waals surface area (Å²) in [5, 5.41) is 19.8. The van der Waals surface area contributed by atoms with E-state index in [0.717, 1.165) is 11.3 Å². The van der Waals surface area contributed by atoms with Crippen LogP contribution < -0.4 is 16.0 Å². The number of nitrogens with zero attached hydrogens (tertiary/aromatic N) is 8. The number of hydrogen-bond donors (Lipinski definition) is 4. The summed E-state index contributed by atoms with van der Waals surface area (Å²) in [6.45, 7) is 28.1. The van der Waals surface area contributed by atoms with Gasteiger partial charge in [0.25, 0.3) is 0 Å². The topological polar surface area (TPSA) is 313 Å². The summed E-state index contributed by atoms with van der Waals surface area (Å²) in [6.07, 6.45) is -1.32. The fourth-order valence-electron chi connectivity index (χ4n) is 14.3. The third-order valence-corrected chi connectivity index (χ3v) is 21.2. The third kappa shape index (κ3) is 25.8. The number of piperidine rings is 1. The maximum absolute atomic E-state index is 15.5. The Morgan fingerprint density at radius 1 is 0.486 bits per heavy atom. The van der Waals surface area contributed by atoms with Crippen LogP contribution in [-0.2, 0) is 79.9 Å². The summed E-state index contributed by atoms with van der Waals surface area (Å²) in [7, 11) is 9.92. The molecule has 15 atom stereocenters. The van der Waals surface area contributed by atoms with E-state index in [9.17, 15) is 43.5 Å². The first kappa shape index (κ1) is 91.3. The molecule has 0 saturated carbocycles. The van der Waals surface area contributed by atoms with E-state index in [4.69, 9.17) is 4.74 Å². The van der Waals surface area contributed by atoms with E-state index in [1.54, 1.807) is 100 Å². The number of Topliss-reactive ketones (excluding diaryl/α,β-unsaturated/α-hetero) is 2. The quantitative estimate of drug-likeness (QED) is 0.147. The van der Waals surface area contributed by atoms with Crippen LogP contribution in [0.15, 0.2) is 60.7 Å². The van der Waals surface area contributed by atoms with Gasteiger partial charge in [0.05, 0.1) is 29.8 Å². The van der Waals surface area contributed by atoms with Crippen molar-refractivity contribution in [3.63, 3.8) is 0 Å². The second-order valence-electron chi connectivity index (χ2n) is 32.4. The van der Waals surface area contributed by atoms with Gasteiger partial charge >= 0.3 is 0 Å². The summed E-state index contributed by atoms with van der Waals surface area (Å²) in [5.41, 5.74) is 0.421. The summed E-state index contributed by atoms with van der Waals surface area (Å²) < 4.78 is 6.39. The first-order valence-corrected chi connectivity index (χ1v) is 38.4. The predicted molar refractivity (Wildman–Crippen MR) is 410 cm³/mol. The molecule has 4 rings (SSSR count). The number of likely N-dealkylation sites (N-methyl/N-ethyl adjacent to an activating group) is 7. The van der Waals surface area contributed by atoms with Crippen LogP contribution in [0.5, 0.6) is 0 Å². The van der Waals surface area contributed by atoms with Gasteiger partial charge in [-0.1, -0.05) is 122 Å². The molecule has 2 fully saturated rings. The van der Waals surface area contributed by atoms with Crippen molar-refractivity contribution >= 4 is 76.5 Å². The SMILES string of the molecule is CC[C@H](C)[C@H]1C(=O)N(C)[C@@H](C)C(=O)N[C@@H](C(C)OC(C)(C)C)C(=O)N(C)[C@@H](CC(C)C)C(=O)N(C)[C@@H](CC(C)C)C(=O)C[C@H](C(=O)N2CCCCC2)CC(=O)N(C)[C@H](C)C(=O)N(C)C(Cc2ccccc2)C(=O)N[C@@H](C)C(=O)N(C)[C@@H](CC(C)C)C(=O)N[C@@H]([C@@H](C)O)C(=O)C[C@@H](Cc2ccccc2)C(=O)N1C. The van der Waals surface area contributed by atoms with Gasteiger partial charge in [-0.2, -0.15) is 0 Å². The number of aliphatic hydroxyl groups excluding tert-OH is 1. The van der Waals surface area contributed by atoms with E-state index in [1.165, 1.54) is 106 Å². The van der Waals surface area contributed by atoms with Gasteiger partial charge in [-0.15, -0.1) is 0 Å². The number of nitrogens with one attached hydrogen (secondary N) is 3. The van der Waals surface area contributed by atoms with E-state index in [-0.39, 0.29) is 49.9 Å². The lowest BCUT2D eigenvalue weighted by molar-refractivity contribution is -0.155. The van der Waals surface area contributed by atoms with Crippen molar-refractivity contribution in [1.82, 2.24) is 55.1 Å². The highest BCUT2D eigenvalue weighted by Crippen LogP contribution is 2.29. The van der Waals surface area contributed by atoms with Crippen molar-refractivity contribution in [1.29, 1.82) is 0 Å². The van der Waals surface area contributed by atoms with Gasteiger partial charge in [0.1, 0.15) is 54.4 Å². The molecule has 2 heterocycles. The number of ether oxygens (including phenoxy) is 1. The molecule has 107 heavy (non-hydrogen) atoms. The minimum atomic E-state index is -1.62. The normalized spacial score (nSPS) is 26.8. The van der Waals surface area contributed by atoms with E-state index in [2.05, 4.69) is 16.0 Å². The number of likely N-dealkylation sites (tertiary alicyclic amines) is 1. The van der Waals surface area contributed by atoms with Gasteiger partial charge in [-0.05, 0) is 135 Å². The van der Waals surface area contributed by atoms with E-state index >= 15 is 24.0 Å². The monoisotopic (exact) mass is 1500 g/mol. The average molecular weight is 1500 g/mol. The Balaban J connectivity index is 1.99.